The standard InChI is InChI=1S/C13H27NOS/c1-16-11-7-3-2-5-9-14-12-13-8-4-6-10-15-13/h13-14H,2-12H2,1H3. The van der Waals surface area contributed by atoms with E-state index in [1.54, 1.807) is 0 Å². The summed E-state index contributed by atoms with van der Waals surface area (Å²) >= 11 is 1.96. The first-order valence-electron chi connectivity index (χ1n) is 6.74. The summed E-state index contributed by atoms with van der Waals surface area (Å²) in [6.45, 7) is 3.20. The Labute approximate surface area is 105 Å². The number of thioether (sulfide) groups is 1. The number of hydrogen-bond donors (Lipinski definition) is 1. The van der Waals surface area contributed by atoms with Crippen LogP contribution in [-0.2, 0) is 4.74 Å². The maximum absolute atomic E-state index is 5.67. The van der Waals surface area contributed by atoms with Gasteiger partial charge in [0, 0.05) is 13.2 Å². The summed E-state index contributed by atoms with van der Waals surface area (Å²) in [7, 11) is 0. The van der Waals surface area contributed by atoms with E-state index < -0.39 is 0 Å². The van der Waals surface area contributed by atoms with Crippen LogP contribution in [0.15, 0.2) is 0 Å². The van der Waals surface area contributed by atoms with Crippen molar-refractivity contribution in [3.63, 3.8) is 0 Å². The lowest BCUT2D eigenvalue weighted by Gasteiger charge is -2.22. The maximum Gasteiger partial charge on any atom is 0.0699 e. The van der Waals surface area contributed by atoms with Gasteiger partial charge in [0.15, 0.2) is 0 Å². The number of unbranched alkanes of at least 4 members (excludes halogenated alkanes) is 3. The van der Waals surface area contributed by atoms with Crippen molar-refractivity contribution in [3.05, 3.63) is 0 Å². The number of ether oxygens (including phenoxy) is 1. The van der Waals surface area contributed by atoms with Gasteiger partial charge in [-0.2, -0.15) is 11.8 Å². The van der Waals surface area contributed by atoms with E-state index in [0.717, 1.165) is 13.2 Å². The van der Waals surface area contributed by atoms with Crippen LogP contribution in [0.3, 0.4) is 0 Å². The molecule has 1 atom stereocenters. The summed E-state index contributed by atoms with van der Waals surface area (Å²) in [6.07, 6.45) is 12.0. The topological polar surface area (TPSA) is 21.3 Å². The van der Waals surface area contributed by atoms with Crippen molar-refractivity contribution < 1.29 is 4.74 Å². The Morgan fingerprint density at radius 1 is 1.19 bits per heavy atom. The molecule has 1 rings (SSSR count). The number of rotatable bonds is 9. The quantitative estimate of drug-likeness (QED) is 0.631. The SMILES string of the molecule is CSCCCCCCNCC1CCCCO1. The van der Waals surface area contributed by atoms with Gasteiger partial charge in [0.25, 0.3) is 0 Å². The Bertz CT molecular complexity index is 149. The molecule has 1 unspecified atom stereocenters. The van der Waals surface area contributed by atoms with Gasteiger partial charge in [-0.15, -0.1) is 0 Å². The molecule has 0 spiro atoms. The van der Waals surface area contributed by atoms with Crippen LogP contribution in [0.2, 0.25) is 0 Å². The van der Waals surface area contributed by atoms with Crippen LogP contribution in [0.1, 0.15) is 44.9 Å². The highest BCUT2D eigenvalue weighted by atomic mass is 32.2. The van der Waals surface area contributed by atoms with Gasteiger partial charge in [0.1, 0.15) is 0 Å². The lowest BCUT2D eigenvalue weighted by atomic mass is 10.1. The molecule has 0 aromatic heterocycles. The fourth-order valence-electron chi connectivity index (χ4n) is 2.08. The van der Waals surface area contributed by atoms with E-state index in [2.05, 4.69) is 11.6 Å². The first-order valence-corrected chi connectivity index (χ1v) is 8.14. The average Bonchev–Trinajstić information content (AvgIpc) is 2.34. The first kappa shape index (κ1) is 14.3. The predicted octanol–water partition coefficient (Wildman–Crippen LogP) is 3.07. The Kier molecular flexibility index (Phi) is 9.34. The largest absolute Gasteiger partial charge is 0.377 e. The molecule has 1 heterocycles. The molecule has 0 bridgehead atoms. The fourth-order valence-corrected chi connectivity index (χ4v) is 2.57. The van der Waals surface area contributed by atoms with Crippen molar-refractivity contribution in [1.29, 1.82) is 0 Å². The van der Waals surface area contributed by atoms with Crippen molar-refractivity contribution >= 4 is 11.8 Å². The van der Waals surface area contributed by atoms with Crippen LogP contribution >= 0.6 is 11.8 Å². The third kappa shape index (κ3) is 7.53. The molecule has 0 aliphatic carbocycles. The lowest BCUT2D eigenvalue weighted by molar-refractivity contribution is 0.0170. The van der Waals surface area contributed by atoms with Gasteiger partial charge in [0.2, 0.25) is 0 Å². The second kappa shape index (κ2) is 10.4. The summed E-state index contributed by atoms with van der Waals surface area (Å²) in [6, 6.07) is 0. The van der Waals surface area contributed by atoms with Gasteiger partial charge < -0.3 is 10.1 Å². The Morgan fingerprint density at radius 3 is 2.81 bits per heavy atom. The van der Waals surface area contributed by atoms with Crippen LogP contribution < -0.4 is 5.32 Å². The Morgan fingerprint density at radius 2 is 2.06 bits per heavy atom. The van der Waals surface area contributed by atoms with Crippen molar-refractivity contribution in [2.45, 2.75) is 51.0 Å². The predicted molar refractivity (Wildman–Crippen MR) is 73.3 cm³/mol. The van der Waals surface area contributed by atoms with Crippen LogP contribution in [-0.4, -0.2) is 37.8 Å². The van der Waals surface area contributed by atoms with E-state index in [0.29, 0.717) is 6.10 Å². The minimum absolute atomic E-state index is 0.491. The van der Waals surface area contributed by atoms with E-state index >= 15 is 0 Å². The highest BCUT2D eigenvalue weighted by molar-refractivity contribution is 7.98. The molecule has 2 nitrogen and oxygen atoms in total. The summed E-state index contributed by atoms with van der Waals surface area (Å²) in [5.41, 5.74) is 0. The van der Waals surface area contributed by atoms with Crippen molar-refractivity contribution in [1.82, 2.24) is 5.32 Å². The van der Waals surface area contributed by atoms with Gasteiger partial charge >= 0.3 is 0 Å². The molecule has 0 amide bonds. The first-order chi connectivity index (χ1) is 7.93. The molecule has 1 aliphatic rings. The third-order valence-corrected chi connectivity index (χ3v) is 3.79. The smallest absolute Gasteiger partial charge is 0.0699 e. The molecule has 1 saturated heterocycles. The summed E-state index contributed by atoms with van der Waals surface area (Å²) in [4.78, 5) is 0. The summed E-state index contributed by atoms with van der Waals surface area (Å²) in [5.74, 6) is 1.32. The monoisotopic (exact) mass is 245 g/mol. The van der Waals surface area contributed by atoms with E-state index in [4.69, 9.17) is 4.74 Å². The van der Waals surface area contributed by atoms with Gasteiger partial charge in [-0.3, -0.25) is 0 Å². The fraction of sp³-hybridized carbons (Fsp3) is 1.00. The van der Waals surface area contributed by atoms with Gasteiger partial charge in [-0.1, -0.05) is 12.8 Å². The van der Waals surface area contributed by atoms with Crippen molar-refractivity contribution in [2.24, 2.45) is 0 Å². The van der Waals surface area contributed by atoms with Crippen molar-refractivity contribution in [3.8, 4) is 0 Å². The zero-order valence-electron chi connectivity index (χ0n) is 10.7. The normalized spacial score (nSPS) is 21.2. The molecular weight excluding hydrogens is 218 g/mol. The molecular formula is C13H27NOS. The molecule has 0 aromatic carbocycles. The molecule has 0 aromatic rings. The number of nitrogens with one attached hydrogen (secondary N) is 1. The van der Waals surface area contributed by atoms with E-state index in [1.807, 2.05) is 11.8 Å². The van der Waals surface area contributed by atoms with Crippen LogP contribution in [0, 0.1) is 0 Å². The Hall–Kier alpha value is 0.270. The maximum atomic E-state index is 5.67. The highest BCUT2D eigenvalue weighted by Gasteiger charge is 2.12. The summed E-state index contributed by atoms with van der Waals surface area (Å²) in [5, 5.41) is 3.52. The Balaban J connectivity index is 1.77. The van der Waals surface area contributed by atoms with Gasteiger partial charge in [-0.25, -0.2) is 0 Å². The second-order valence-electron chi connectivity index (χ2n) is 4.60. The lowest BCUT2D eigenvalue weighted by Crippen LogP contribution is -2.32. The van der Waals surface area contributed by atoms with E-state index in [9.17, 15) is 0 Å². The van der Waals surface area contributed by atoms with Gasteiger partial charge in [-0.05, 0) is 50.7 Å². The zero-order valence-corrected chi connectivity index (χ0v) is 11.5. The van der Waals surface area contributed by atoms with Crippen LogP contribution in [0.4, 0.5) is 0 Å². The zero-order chi connectivity index (χ0) is 11.5. The molecule has 3 heteroatoms. The van der Waals surface area contributed by atoms with E-state index in [-0.39, 0.29) is 0 Å². The third-order valence-electron chi connectivity index (χ3n) is 3.10. The molecule has 1 aliphatic heterocycles. The molecule has 0 radical (unpaired) electrons. The van der Waals surface area contributed by atoms with Crippen LogP contribution in [0.25, 0.3) is 0 Å². The highest BCUT2D eigenvalue weighted by Crippen LogP contribution is 2.11. The molecule has 1 fully saturated rings. The molecule has 96 valence electrons. The summed E-state index contributed by atoms with van der Waals surface area (Å²) < 4.78 is 5.67. The molecule has 16 heavy (non-hydrogen) atoms. The minimum Gasteiger partial charge on any atom is -0.377 e. The average molecular weight is 245 g/mol. The van der Waals surface area contributed by atoms with Crippen molar-refractivity contribution in [2.75, 3.05) is 31.7 Å². The van der Waals surface area contributed by atoms with E-state index in [1.165, 1.54) is 57.2 Å². The van der Waals surface area contributed by atoms with Crippen LogP contribution in [0.5, 0.6) is 0 Å². The molecule has 1 N–H and O–H groups in total. The minimum atomic E-state index is 0.491. The molecule has 0 saturated carbocycles. The van der Waals surface area contributed by atoms with Gasteiger partial charge in [0.05, 0.1) is 6.10 Å². The second-order valence-corrected chi connectivity index (χ2v) is 5.59. The number of hydrogen-bond acceptors (Lipinski definition) is 3.